The Morgan fingerprint density at radius 2 is 1.88 bits per heavy atom. The van der Waals surface area contributed by atoms with Crippen LogP contribution in [0.4, 0.5) is 0 Å². The molecule has 3 aromatic carbocycles. The zero-order valence-corrected chi connectivity index (χ0v) is 16.0. The van der Waals surface area contributed by atoms with E-state index < -0.39 is 0 Å². The number of fused-ring (bicyclic) bond motifs is 1. The van der Waals surface area contributed by atoms with Crippen molar-refractivity contribution in [3.05, 3.63) is 75.2 Å². The fraction of sp³-hybridized carbons (Fsp3) is 0.150. The van der Waals surface area contributed by atoms with Gasteiger partial charge in [-0.1, -0.05) is 51.8 Å². The van der Waals surface area contributed by atoms with Gasteiger partial charge in [0, 0.05) is 21.6 Å². The van der Waals surface area contributed by atoms with Crippen LogP contribution in [0.5, 0.6) is 5.75 Å². The summed E-state index contributed by atoms with van der Waals surface area (Å²) in [6.45, 7) is 0.467. The summed E-state index contributed by atoms with van der Waals surface area (Å²) in [5.74, 6) is 0.667. The molecule has 0 saturated heterocycles. The summed E-state index contributed by atoms with van der Waals surface area (Å²) in [6.07, 6.45) is 0.260. The van der Waals surface area contributed by atoms with Crippen LogP contribution in [-0.4, -0.2) is 13.0 Å². The van der Waals surface area contributed by atoms with Gasteiger partial charge in [-0.3, -0.25) is 4.79 Å². The predicted octanol–water partition coefficient (Wildman–Crippen LogP) is 5.12. The Morgan fingerprint density at radius 3 is 2.60 bits per heavy atom. The van der Waals surface area contributed by atoms with Gasteiger partial charge in [0.1, 0.15) is 5.75 Å². The first kappa shape index (κ1) is 17.8. The molecule has 0 unspecified atom stereocenters. The predicted molar refractivity (Wildman–Crippen MR) is 105 cm³/mol. The number of halogens is 2. The lowest BCUT2D eigenvalue weighted by molar-refractivity contribution is -0.120. The van der Waals surface area contributed by atoms with Gasteiger partial charge in [-0.25, -0.2) is 0 Å². The molecule has 1 N–H and O–H groups in total. The maximum Gasteiger partial charge on any atom is 0.224 e. The van der Waals surface area contributed by atoms with Crippen molar-refractivity contribution in [3.63, 3.8) is 0 Å². The van der Waals surface area contributed by atoms with Crippen molar-refractivity contribution in [1.29, 1.82) is 0 Å². The molecule has 0 heterocycles. The maximum absolute atomic E-state index is 12.4. The van der Waals surface area contributed by atoms with E-state index in [1.807, 2.05) is 54.6 Å². The minimum Gasteiger partial charge on any atom is -0.496 e. The molecule has 0 aliphatic rings. The van der Waals surface area contributed by atoms with Gasteiger partial charge in [0.2, 0.25) is 5.91 Å². The third kappa shape index (κ3) is 4.33. The molecule has 25 heavy (non-hydrogen) atoms. The first-order valence-corrected chi connectivity index (χ1v) is 9.00. The Hall–Kier alpha value is -2.04. The van der Waals surface area contributed by atoms with Gasteiger partial charge in [0.25, 0.3) is 0 Å². The van der Waals surface area contributed by atoms with Crippen LogP contribution in [0.2, 0.25) is 5.02 Å². The highest BCUT2D eigenvalue weighted by atomic mass is 79.9. The SMILES string of the molecule is COc1ccc2cc(Br)ccc2c1CC(=O)NCc1ccc(Cl)cc1. The number of rotatable bonds is 5. The van der Waals surface area contributed by atoms with Gasteiger partial charge < -0.3 is 10.1 Å². The summed E-state index contributed by atoms with van der Waals surface area (Å²) in [4.78, 5) is 12.4. The lowest BCUT2D eigenvalue weighted by Gasteiger charge is -2.13. The Kier molecular flexibility index (Phi) is 5.61. The number of nitrogens with one attached hydrogen (secondary N) is 1. The van der Waals surface area contributed by atoms with Crippen LogP contribution in [0, 0.1) is 0 Å². The number of ether oxygens (including phenoxy) is 1. The summed E-state index contributed by atoms with van der Waals surface area (Å²) in [7, 11) is 1.62. The minimum absolute atomic E-state index is 0.0522. The number of hydrogen-bond acceptors (Lipinski definition) is 2. The standard InChI is InChI=1S/C20H17BrClNO2/c1-25-19-9-4-14-10-15(21)5-8-17(14)18(19)11-20(24)23-12-13-2-6-16(22)7-3-13/h2-10H,11-12H2,1H3,(H,23,24). The highest BCUT2D eigenvalue weighted by Gasteiger charge is 2.13. The summed E-state index contributed by atoms with van der Waals surface area (Å²) in [5.41, 5.74) is 1.90. The lowest BCUT2D eigenvalue weighted by atomic mass is 10.0. The minimum atomic E-state index is -0.0522. The van der Waals surface area contributed by atoms with Crippen molar-refractivity contribution in [1.82, 2.24) is 5.32 Å². The van der Waals surface area contributed by atoms with E-state index >= 15 is 0 Å². The Balaban J connectivity index is 1.79. The zero-order valence-electron chi connectivity index (χ0n) is 13.7. The fourth-order valence-electron chi connectivity index (χ4n) is 2.74. The first-order chi connectivity index (χ1) is 12.1. The molecule has 3 aromatic rings. The molecule has 0 fully saturated rings. The van der Waals surface area contributed by atoms with Crippen LogP contribution in [0.3, 0.4) is 0 Å². The molecule has 5 heteroatoms. The fourth-order valence-corrected chi connectivity index (χ4v) is 3.25. The molecule has 0 aliphatic heterocycles. The van der Waals surface area contributed by atoms with Crippen molar-refractivity contribution in [2.24, 2.45) is 0 Å². The van der Waals surface area contributed by atoms with Crippen molar-refractivity contribution < 1.29 is 9.53 Å². The van der Waals surface area contributed by atoms with Gasteiger partial charge in [-0.2, -0.15) is 0 Å². The molecule has 0 aliphatic carbocycles. The van der Waals surface area contributed by atoms with Crippen molar-refractivity contribution in [2.45, 2.75) is 13.0 Å². The Labute approximate surface area is 160 Å². The molecular weight excluding hydrogens is 402 g/mol. The van der Waals surface area contributed by atoms with E-state index in [0.29, 0.717) is 11.6 Å². The van der Waals surface area contributed by atoms with Crippen molar-refractivity contribution in [2.75, 3.05) is 7.11 Å². The molecule has 0 radical (unpaired) electrons. The Bertz CT molecular complexity index is 909. The van der Waals surface area contributed by atoms with Crippen LogP contribution in [0.1, 0.15) is 11.1 Å². The molecule has 1 amide bonds. The average molecular weight is 419 g/mol. The molecule has 128 valence electrons. The second kappa shape index (κ2) is 7.89. The number of methoxy groups -OCH3 is 1. The maximum atomic E-state index is 12.4. The topological polar surface area (TPSA) is 38.3 Å². The van der Waals surface area contributed by atoms with Gasteiger partial charge in [-0.05, 0) is 46.7 Å². The smallest absolute Gasteiger partial charge is 0.224 e. The van der Waals surface area contributed by atoms with Crippen LogP contribution in [0.25, 0.3) is 10.8 Å². The van der Waals surface area contributed by atoms with E-state index in [1.54, 1.807) is 7.11 Å². The zero-order chi connectivity index (χ0) is 17.8. The van der Waals surface area contributed by atoms with E-state index in [4.69, 9.17) is 16.3 Å². The number of carbonyl (C=O) groups excluding carboxylic acids is 1. The Morgan fingerprint density at radius 1 is 1.12 bits per heavy atom. The molecule has 0 bridgehead atoms. The van der Waals surface area contributed by atoms with Gasteiger partial charge in [0.05, 0.1) is 13.5 Å². The lowest BCUT2D eigenvalue weighted by Crippen LogP contribution is -2.24. The van der Waals surface area contributed by atoms with E-state index in [9.17, 15) is 4.79 Å². The van der Waals surface area contributed by atoms with Crippen molar-refractivity contribution in [3.8, 4) is 5.75 Å². The van der Waals surface area contributed by atoms with Crippen molar-refractivity contribution >= 4 is 44.2 Å². The summed E-state index contributed by atoms with van der Waals surface area (Å²) >= 11 is 9.36. The van der Waals surface area contributed by atoms with E-state index in [-0.39, 0.29) is 12.3 Å². The highest BCUT2D eigenvalue weighted by Crippen LogP contribution is 2.30. The molecule has 3 rings (SSSR count). The van der Waals surface area contributed by atoms with E-state index in [0.717, 1.165) is 32.1 Å². The summed E-state index contributed by atoms with van der Waals surface area (Å²) < 4.78 is 6.46. The number of benzene rings is 3. The quantitative estimate of drug-likeness (QED) is 0.624. The molecule has 0 saturated carbocycles. The largest absolute Gasteiger partial charge is 0.496 e. The van der Waals surface area contributed by atoms with Gasteiger partial charge in [-0.15, -0.1) is 0 Å². The molecule has 0 spiro atoms. The molecule has 0 aromatic heterocycles. The molecular formula is C20H17BrClNO2. The first-order valence-electron chi connectivity index (χ1n) is 7.83. The normalized spacial score (nSPS) is 10.7. The van der Waals surface area contributed by atoms with Crippen LogP contribution in [0.15, 0.2) is 59.1 Å². The van der Waals surface area contributed by atoms with Gasteiger partial charge in [0.15, 0.2) is 0 Å². The second-order valence-corrected chi connectivity index (χ2v) is 7.04. The van der Waals surface area contributed by atoms with Crippen LogP contribution >= 0.6 is 27.5 Å². The highest BCUT2D eigenvalue weighted by molar-refractivity contribution is 9.10. The van der Waals surface area contributed by atoms with Crippen LogP contribution in [-0.2, 0) is 17.8 Å². The van der Waals surface area contributed by atoms with Gasteiger partial charge >= 0.3 is 0 Å². The third-order valence-corrected chi connectivity index (χ3v) is 4.76. The number of hydrogen-bond donors (Lipinski definition) is 1. The molecule has 3 nitrogen and oxygen atoms in total. The van der Waals surface area contributed by atoms with Crippen LogP contribution < -0.4 is 10.1 Å². The van der Waals surface area contributed by atoms with E-state index in [2.05, 4.69) is 21.2 Å². The second-order valence-electron chi connectivity index (χ2n) is 5.69. The van der Waals surface area contributed by atoms with E-state index in [1.165, 1.54) is 0 Å². The monoisotopic (exact) mass is 417 g/mol. The average Bonchev–Trinajstić information content (AvgIpc) is 2.61. The summed E-state index contributed by atoms with van der Waals surface area (Å²) in [5, 5.41) is 5.71. The number of amides is 1. The molecule has 0 atom stereocenters. The summed E-state index contributed by atoms with van der Waals surface area (Å²) in [6, 6.07) is 17.3. The number of carbonyl (C=O) groups is 1. The third-order valence-electron chi connectivity index (χ3n) is 4.01.